The summed E-state index contributed by atoms with van der Waals surface area (Å²) >= 11 is 0. The van der Waals surface area contributed by atoms with Crippen LogP contribution in [-0.4, -0.2) is 20.2 Å². The molecule has 2 N–H and O–H groups in total. The summed E-state index contributed by atoms with van der Waals surface area (Å²) in [5.41, 5.74) is 11.9. The Morgan fingerprint density at radius 1 is 0.952 bits per heavy atom. The number of aryl methyl sites for hydroxylation is 3. The summed E-state index contributed by atoms with van der Waals surface area (Å²) in [7, 11) is 0. The zero-order valence-electron chi connectivity index (χ0n) is 12.3. The van der Waals surface area contributed by atoms with Crippen molar-refractivity contribution in [1.82, 2.24) is 20.2 Å². The van der Waals surface area contributed by atoms with Crippen molar-refractivity contribution >= 4 is 5.69 Å². The molecule has 0 atom stereocenters. The Labute approximate surface area is 123 Å². The van der Waals surface area contributed by atoms with E-state index in [0.29, 0.717) is 5.82 Å². The van der Waals surface area contributed by atoms with Crippen LogP contribution in [0, 0.1) is 20.8 Å². The molecule has 0 unspecified atom stereocenters. The summed E-state index contributed by atoms with van der Waals surface area (Å²) in [6.45, 7) is 6.10. The van der Waals surface area contributed by atoms with Crippen LogP contribution in [0.2, 0.25) is 0 Å². The molecule has 3 aromatic rings. The van der Waals surface area contributed by atoms with Gasteiger partial charge in [0.1, 0.15) is 0 Å². The monoisotopic (exact) mass is 279 g/mol. The van der Waals surface area contributed by atoms with Gasteiger partial charge in [-0.3, -0.25) is 0 Å². The quantitative estimate of drug-likeness (QED) is 0.732. The Morgan fingerprint density at radius 3 is 2.33 bits per heavy atom. The topological polar surface area (TPSA) is 69.6 Å². The summed E-state index contributed by atoms with van der Waals surface area (Å²) < 4.78 is 1.75. The van der Waals surface area contributed by atoms with E-state index in [1.807, 2.05) is 25.1 Å². The second-order valence-electron chi connectivity index (χ2n) is 5.33. The molecule has 5 nitrogen and oxygen atoms in total. The number of nitrogen functional groups attached to an aromatic ring is 1. The highest BCUT2D eigenvalue weighted by Crippen LogP contribution is 2.24. The van der Waals surface area contributed by atoms with E-state index >= 15 is 0 Å². The molecular formula is C16H17N5. The fourth-order valence-electron chi connectivity index (χ4n) is 2.43. The molecule has 1 heterocycles. The summed E-state index contributed by atoms with van der Waals surface area (Å²) in [5, 5.41) is 12.1. The maximum Gasteiger partial charge on any atom is 0.187 e. The lowest BCUT2D eigenvalue weighted by Gasteiger charge is -2.08. The van der Waals surface area contributed by atoms with Crippen LogP contribution in [0.4, 0.5) is 5.69 Å². The third-order valence-corrected chi connectivity index (χ3v) is 3.45. The van der Waals surface area contributed by atoms with E-state index in [4.69, 9.17) is 5.73 Å². The van der Waals surface area contributed by atoms with Gasteiger partial charge in [-0.25, -0.2) is 0 Å². The first kappa shape index (κ1) is 13.3. The van der Waals surface area contributed by atoms with Gasteiger partial charge in [0, 0.05) is 11.3 Å². The van der Waals surface area contributed by atoms with E-state index in [-0.39, 0.29) is 0 Å². The third-order valence-electron chi connectivity index (χ3n) is 3.45. The van der Waals surface area contributed by atoms with Crippen molar-refractivity contribution in [3.8, 4) is 17.1 Å². The second kappa shape index (κ2) is 5.01. The fourth-order valence-corrected chi connectivity index (χ4v) is 2.43. The number of nitrogens with two attached hydrogens (primary N) is 1. The van der Waals surface area contributed by atoms with Crippen molar-refractivity contribution in [2.45, 2.75) is 20.8 Å². The van der Waals surface area contributed by atoms with E-state index < -0.39 is 0 Å². The average Bonchev–Trinajstić information content (AvgIpc) is 2.90. The Morgan fingerprint density at radius 2 is 1.67 bits per heavy atom. The first-order valence-corrected chi connectivity index (χ1v) is 6.78. The van der Waals surface area contributed by atoms with Crippen molar-refractivity contribution in [3.63, 3.8) is 0 Å². The van der Waals surface area contributed by atoms with Gasteiger partial charge in [0.05, 0.1) is 5.69 Å². The molecule has 0 saturated heterocycles. The zero-order valence-corrected chi connectivity index (χ0v) is 12.3. The molecule has 0 bridgehead atoms. The summed E-state index contributed by atoms with van der Waals surface area (Å²) in [4.78, 5) is 0. The molecule has 2 aromatic carbocycles. The molecule has 0 saturated carbocycles. The van der Waals surface area contributed by atoms with Crippen LogP contribution in [0.3, 0.4) is 0 Å². The highest BCUT2D eigenvalue weighted by molar-refractivity contribution is 5.63. The van der Waals surface area contributed by atoms with E-state index in [9.17, 15) is 0 Å². The molecule has 0 amide bonds. The zero-order chi connectivity index (χ0) is 15.0. The van der Waals surface area contributed by atoms with E-state index in [0.717, 1.165) is 22.5 Å². The van der Waals surface area contributed by atoms with Crippen LogP contribution in [0.1, 0.15) is 16.7 Å². The molecule has 106 valence electrons. The maximum atomic E-state index is 5.87. The SMILES string of the molecule is Cc1cc(C)cc(-n2nnnc2-c2ccc(N)c(C)c2)c1. The lowest BCUT2D eigenvalue weighted by molar-refractivity contribution is 0.790. The summed E-state index contributed by atoms with van der Waals surface area (Å²) in [5.74, 6) is 0.711. The predicted molar refractivity (Wildman–Crippen MR) is 83.2 cm³/mol. The number of rotatable bonds is 2. The van der Waals surface area contributed by atoms with Gasteiger partial charge in [-0.05, 0) is 78.2 Å². The smallest absolute Gasteiger partial charge is 0.187 e. The van der Waals surface area contributed by atoms with Gasteiger partial charge in [-0.15, -0.1) is 5.10 Å². The van der Waals surface area contributed by atoms with Crippen LogP contribution in [-0.2, 0) is 0 Å². The largest absolute Gasteiger partial charge is 0.399 e. The van der Waals surface area contributed by atoms with Crippen molar-refractivity contribution < 1.29 is 0 Å². The van der Waals surface area contributed by atoms with Gasteiger partial charge >= 0.3 is 0 Å². The minimum absolute atomic E-state index is 0.711. The first-order valence-electron chi connectivity index (χ1n) is 6.78. The van der Waals surface area contributed by atoms with Gasteiger partial charge in [0.15, 0.2) is 5.82 Å². The Bertz CT molecular complexity index is 784. The van der Waals surface area contributed by atoms with Gasteiger partial charge in [0.25, 0.3) is 0 Å². The van der Waals surface area contributed by atoms with Gasteiger partial charge in [0.2, 0.25) is 0 Å². The van der Waals surface area contributed by atoms with Crippen molar-refractivity contribution in [3.05, 3.63) is 53.1 Å². The molecule has 0 radical (unpaired) electrons. The molecule has 3 rings (SSSR count). The number of tetrazole rings is 1. The summed E-state index contributed by atoms with van der Waals surface area (Å²) in [6, 6.07) is 12.1. The van der Waals surface area contributed by atoms with Crippen LogP contribution in [0.15, 0.2) is 36.4 Å². The Balaban J connectivity index is 2.14. The molecular weight excluding hydrogens is 262 g/mol. The van der Waals surface area contributed by atoms with Crippen molar-refractivity contribution in [2.24, 2.45) is 0 Å². The molecule has 21 heavy (non-hydrogen) atoms. The van der Waals surface area contributed by atoms with Gasteiger partial charge in [-0.2, -0.15) is 4.68 Å². The van der Waals surface area contributed by atoms with E-state index in [2.05, 4.69) is 47.6 Å². The molecule has 0 aliphatic carbocycles. The maximum absolute atomic E-state index is 5.87. The summed E-state index contributed by atoms with van der Waals surface area (Å²) in [6.07, 6.45) is 0. The molecule has 0 aliphatic rings. The number of hydrogen-bond acceptors (Lipinski definition) is 4. The fraction of sp³-hybridized carbons (Fsp3) is 0.188. The van der Waals surface area contributed by atoms with Gasteiger partial charge < -0.3 is 5.73 Å². The van der Waals surface area contributed by atoms with Crippen molar-refractivity contribution in [2.75, 3.05) is 5.73 Å². The van der Waals surface area contributed by atoms with Crippen LogP contribution in [0.5, 0.6) is 0 Å². The second-order valence-corrected chi connectivity index (χ2v) is 5.33. The number of benzene rings is 2. The van der Waals surface area contributed by atoms with E-state index in [1.54, 1.807) is 4.68 Å². The Kier molecular flexibility index (Phi) is 3.17. The molecule has 0 aliphatic heterocycles. The number of anilines is 1. The molecule has 5 heteroatoms. The molecule has 0 fully saturated rings. The molecule has 0 spiro atoms. The number of aromatic nitrogens is 4. The minimum atomic E-state index is 0.711. The lowest BCUT2D eigenvalue weighted by Crippen LogP contribution is -2.01. The highest BCUT2D eigenvalue weighted by atomic mass is 15.5. The minimum Gasteiger partial charge on any atom is -0.399 e. The number of nitrogens with zero attached hydrogens (tertiary/aromatic N) is 4. The number of hydrogen-bond donors (Lipinski definition) is 1. The first-order chi connectivity index (χ1) is 10.0. The van der Waals surface area contributed by atoms with Crippen LogP contribution in [0.25, 0.3) is 17.1 Å². The third kappa shape index (κ3) is 2.50. The normalized spacial score (nSPS) is 10.8. The van der Waals surface area contributed by atoms with Gasteiger partial charge in [-0.1, -0.05) is 6.07 Å². The highest BCUT2D eigenvalue weighted by Gasteiger charge is 2.12. The molecule has 1 aromatic heterocycles. The van der Waals surface area contributed by atoms with Crippen molar-refractivity contribution in [1.29, 1.82) is 0 Å². The van der Waals surface area contributed by atoms with E-state index in [1.165, 1.54) is 11.1 Å². The lowest BCUT2D eigenvalue weighted by atomic mass is 10.1. The van der Waals surface area contributed by atoms with Crippen LogP contribution >= 0.6 is 0 Å². The average molecular weight is 279 g/mol. The predicted octanol–water partition coefficient (Wildman–Crippen LogP) is 2.84. The Hall–Kier alpha value is -2.69. The van der Waals surface area contributed by atoms with Crippen LogP contribution < -0.4 is 5.73 Å². The standard InChI is InChI=1S/C16H17N5/c1-10-6-11(2)8-14(7-10)21-16(18-19-20-21)13-4-5-15(17)12(3)9-13/h4-9H,17H2,1-3H3.